The van der Waals surface area contributed by atoms with Crippen LogP contribution in [0.15, 0.2) is 69.0 Å². The van der Waals surface area contributed by atoms with Gasteiger partial charge in [0.05, 0.1) is 22.8 Å². The number of benzene rings is 1. The Bertz CT molecular complexity index is 1070. The minimum Gasteiger partial charge on any atom is -0.463 e. The number of carbonyl (C=O) groups excluding carboxylic acids is 1. The molecule has 1 amide bonds. The van der Waals surface area contributed by atoms with Crippen LogP contribution >= 0.6 is 23.4 Å². The van der Waals surface area contributed by atoms with Crippen LogP contribution in [0.25, 0.3) is 22.9 Å². The van der Waals surface area contributed by atoms with Crippen LogP contribution in [-0.4, -0.2) is 21.1 Å². The number of thioether (sulfide) groups is 1. The third-order valence-electron chi connectivity index (χ3n) is 4.05. The zero-order chi connectivity index (χ0) is 20.4. The first kappa shape index (κ1) is 19.4. The quantitative estimate of drug-likeness (QED) is 0.374. The van der Waals surface area contributed by atoms with Crippen molar-refractivity contribution >= 4 is 35.0 Å². The molecule has 0 saturated carbocycles. The second-order valence-electron chi connectivity index (χ2n) is 6.10. The molecule has 2 N–H and O–H groups in total. The molecular formula is C20H15ClFN3O3S. The molecule has 4 aromatic rings. The Morgan fingerprint density at radius 2 is 1.93 bits per heavy atom. The van der Waals surface area contributed by atoms with Crippen LogP contribution in [0.2, 0.25) is 5.02 Å². The van der Waals surface area contributed by atoms with Crippen molar-refractivity contribution in [3.63, 3.8) is 0 Å². The van der Waals surface area contributed by atoms with Gasteiger partial charge in [-0.1, -0.05) is 23.4 Å². The second-order valence-corrected chi connectivity index (χ2v) is 7.84. The van der Waals surface area contributed by atoms with Gasteiger partial charge in [-0.05, 0) is 49.4 Å². The number of hydrogen-bond donors (Lipinski definition) is 2. The lowest BCUT2D eigenvalue weighted by Crippen LogP contribution is -2.22. The SMILES string of the molecule is CC(Sc1nc(-c2ccco2)c(-c2ccco2)[nH]1)C(=O)Nc1ccc(F)c(Cl)c1. The monoisotopic (exact) mass is 431 g/mol. The van der Waals surface area contributed by atoms with Crippen LogP contribution in [0.4, 0.5) is 10.1 Å². The molecule has 0 radical (unpaired) electrons. The number of anilines is 1. The van der Waals surface area contributed by atoms with Crippen molar-refractivity contribution in [2.75, 3.05) is 5.32 Å². The fourth-order valence-corrected chi connectivity index (χ4v) is 3.62. The highest BCUT2D eigenvalue weighted by Crippen LogP contribution is 2.34. The Morgan fingerprint density at radius 3 is 2.59 bits per heavy atom. The number of nitrogens with zero attached hydrogens (tertiary/aromatic N) is 1. The molecule has 0 saturated heterocycles. The Kier molecular flexibility index (Phi) is 5.46. The van der Waals surface area contributed by atoms with Crippen LogP contribution in [0.5, 0.6) is 0 Å². The zero-order valence-electron chi connectivity index (χ0n) is 15.1. The van der Waals surface area contributed by atoms with Crippen molar-refractivity contribution in [1.29, 1.82) is 0 Å². The van der Waals surface area contributed by atoms with Gasteiger partial charge in [-0.2, -0.15) is 0 Å². The molecule has 6 nitrogen and oxygen atoms in total. The molecule has 0 bridgehead atoms. The molecule has 1 unspecified atom stereocenters. The van der Waals surface area contributed by atoms with Crippen LogP contribution in [-0.2, 0) is 4.79 Å². The number of H-pyrrole nitrogens is 1. The molecule has 0 aliphatic rings. The van der Waals surface area contributed by atoms with E-state index in [1.165, 1.54) is 30.0 Å². The predicted molar refractivity (Wildman–Crippen MR) is 109 cm³/mol. The van der Waals surface area contributed by atoms with Gasteiger partial charge < -0.3 is 19.1 Å². The Labute approximate surface area is 174 Å². The van der Waals surface area contributed by atoms with E-state index < -0.39 is 11.1 Å². The van der Waals surface area contributed by atoms with Gasteiger partial charge in [-0.15, -0.1) is 0 Å². The van der Waals surface area contributed by atoms with Crippen molar-refractivity contribution in [3.8, 4) is 22.9 Å². The van der Waals surface area contributed by atoms with Gasteiger partial charge in [-0.25, -0.2) is 9.37 Å². The third kappa shape index (κ3) is 4.23. The number of amides is 1. The normalized spacial score (nSPS) is 12.1. The number of carbonyl (C=O) groups is 1. The number of imidazole rings is 1. The van der Waals surface area contributed by atoms with Crippen molar-refractivity contribution in [3.05, 3.63) is 65.8 Å². The summed E-state index contributed by atoms with van der Waals surface area (Å²) in [5.74, 6) is 0.373. The summed E-state index contributed by atoms with van der Waals surface area (Å²) in [5, 5.41) is 2.70. The lowest BCUT2D eigenvalue weighted by molar-refractivity contribution is -0.115. The summed E-state index contributed by atoms with van der Waals surface area (Å²) in [6, 6.07) is 11.2. The Hall–Kier alpha value is -2.97. The molecule has 148 valence electrons. The molecule has 9 heteroatoms. The second kappa shape index (κ2) is 8.18. The summed E-state index contributed by atoms with van der Waals surface area (Å²) in [4.78, 5) is 20.3. The summed E-state index contributed by atoms with van der Waals surface area (Å²) in [5.41, 5.74) is 1.66. The maximum Gasteiger partial charge on any atom is 0.237 e. The standard InChI is InChI=1S/C20H15ClFN3O3S/c1-11(19(26)23-12-6-7-14(22)13(21)10-12)29-20-24-17(15-4-2-8-27-15)18(25-20)16-5-3-9-28-16/h2-11H,1H3,(H,23,26)(H,24,25). The van der Waals surface area contributed by atoms with E-state index >= 15 is 0 Å². The number of nitrogens with one attached hydrogen (secondary N) is 2. The van der Waals surface area contributed by atoms with Gasteiger partial charge in [-0.3, -0.25) is 4.79 Å². The molecule has 3 heterocycles. The number of rotatable bonds is 6. The average molecular weight is 432 g/mol. The molecule has 1 atom stereocenters. The maximum atomic E-state index is 13.3. The highest BCUT2D eigenvalue weighted by molar-refractivity contribution is 8.00. The lowest BCUT2D eigenvalue weighted by Gasteiger charge is -2.11. The minimum atomic E-state index is -0.543. The summed E-state index contributed by atoms with van der Waals surface area (Å²) in [7, 11) is 0. The first-order valence-electron chi connectivity index (χ1n) is 8.61. The average Bonchev–Trinajstić information content (AvgIpc) is 3.45. The minimum absolute atomic E-state index is 0.0553. The van der Waals surface area contributed by atoms with Gasteiger partial charge in [0.15, 0.2) is 16.7 Å². The van der Waals surface area contributed by atoms with E-state index in [0.717, 1.165) is 0 Å². The van der Waals surface area contributed by atoms with Gasteiger partial charge in [0, 0.05) is 5.69 Å². The van der Waals surface area contributed by atoms with Gasteiger partial charge in [0.2, 0.25) is 5.91 Å². The fraction of sp³-hybridized carbons (Fsp3) is 0.100. The van der Waals surface area contributed by atoms with E-state index in [0.29, 0.717) is 33.8 Å². The molecule has 0 spiro atoms. The predicted octanol–water partition coefficient (Wildman–Crippen LogP) is 5.84. The maximum absolute atomic E-state index is 13.3. The van der Waals surface area contributed by atoms with E-state index in [2.05, 4.69) is 15.3 Å². The van der Waals surface area contributed by atoms with E-state index in [-0.39, 0.29) is 10.9 Å². The smallest absolute Gasteiger partial charge is 0.237 e. The molecule has 3 aromatic heterocycles. The summed E-state index contributed by atoms with van der Waals surface area (Å²) >= 11 is 7.00. The summed E-state index contributed by atoms with van der Waals surface area (Å²) < 4.78 is 24.2. The molecule has 29 heavy (non-hydrogen) atoms. The van der Waals surface area contributed by atoms with Crippen LogP contribution in [0.1, 0.15) is 6.92 Å². The van der Waals surface area contributed by atoms with Crippen LogP contribution in [0, 0.1) is 5.82 Å². The molecule has 4 rings (SSSR count). The van der Waals surface area contributed by atoms with Crippen LogP contribution in [0.3, 0.4) is 0 Å². The number of hydrogen-bond acceptors (Lipinski definition) is 5. The molecule has 1 aromatic carbocycles. The molecular weight excluding hydrogens is 417 g/mol. The van der Waals surface area contributed by atoms with Crippen molar-refractivity contribution in [2.24, 2.45) is 0 Å². The van der Waals surface area contributed by atoms with Crippen molar-refractivity contribution in [2.45, 2.75) is 17.3 Å². The van der Waals surface area contributed by atoms with E-state index in [4.69, 9.17) is 20.4 Å². The van der Waals surface area contributed by atoms with Crippen LogP contribution < -0.4 is 5.32 Å². The number of furan rings is 2. The molecule has 0 aliphatic carbocycles. The van der Waals surface area contributed by atoms with E-state index in [9.17, 15) is 9.18 Å². The molecule has 0 aliphatic heterocycles. The first-order chi connectivity index (χ1) is 14.0. The zero-order valence-corrected chi connectivity index (χ0v) is 16.7. The molecule has 0 fully saturated rings. The van der Waals surface area contributed by atoms with Gasteiger partial charge in [0.1, 0.15) is 17.2 Å². The van der Waals surface area contributed by atoms with E-state index in [1.807, 2.05) is 6.07 Å². The highest BCUT2D eigenvalue weighted by Gasteiger charge is 2.22. The van der Waals surface area contributed by atoms with Crippen molar-refractivity contribution < 1.29 is 18.0 Å². The topological polar surface area (TPSA) is 84.1 Å². The third-order valence-corrected chi connectivity index (χ3v) is 5.32. The summed E-state index contributed by atoms with van der Waals surface area (Å²) in [6.07, 6.45) is 3.13. The largest absolute Gasteiger partial charge is 0.463 e. The fourth-order valence-electron chi connectivity index (χ4n) is 2.64. The Morgan fingerprint density at radius 1 is 1.21 bits per heavy atom. The van der Waals surface area contributed by atoms with Gasteiger partial charge in [0.25, 0.3) is 0 Å². The summed E-state index contributed by atoms with van der Waals surface area (Å²) in [6.45, 7) is 1.74. The first-order valence-corrected chi connectivity index (χ1v) is 9.87. The number of halogens is 2. The van der Waals surface area contributed by atoms with Gasteiger partial charge >= 0.3 is 0 Å². The van der Waals surface area contributed by atoms with Crippen molar-refractivity contribution in [1.82, 2.24) is 9.97 Å². The lowest BCUT2D eigenvalue weighted by atomic mass is 10.2. The number of aromatic nitrogens is 2. The van der Waals surface area contributed by atoms with E-state index in [1.54, 1.807) is 37.6 Å². The Balaban J connectivity index is 1.53. The number of aromatic amines is 1. The highest BCUT2D eigenvalue weighted by atomic mass is 35.5.